The molecule has 1 aromatic heterocycles. The van der Waals surface area contributed by atoms with Crippen LogP contribution in [0.2, 0.25) is 0 Å². The topological polar surface area (TPSA) is 118 Å². The summed E-state index contributed by atoms with van der Waals surface area (Å²) in [6.07, 6.45) is 1.36. The van der Waals surface area contributed by atoms with Crippen molar-refractivity contribution >= 4 is 43.5 Å². The molecular formula is C20H18BrN3O5S. The summed E-state index contributed by atoms with van der Waals surface area (Å²) < 4.78 is 33.6. The Kier molecular flexibility index (Phi) is 6.28. The van der Waals surface area contributed by atoms with E-state index in [4.69, 9.17) is 4.42 Å². The smallest absolute Gasteiger partial charge is 0.273 e. The van der Waals surface area contributed by atoms with Crippen molar-refractivity contribution in [2.24, 2.45) is 0 Å². The third-order valence-corrected chi connectivity index (χ3v) is 6.22. The SMILES string of the molecule is Cc1ccc(Br)c(NS(=O)(=O)c2cccc(C(=O)NNC(=O)c3ccoc3C)c2)c1. The molecule has 0 fully saturated rings. The first-order valence-electron chi connectivity index (χ1n) is 8.71. The van der Waals surface area contributed by atoms with E-state index in [2.05, 4.69) is 31.5 Å². The van der Waals surface area contributed by atoms with Gasteiger partial charge in [0.2, 0.25) is 0 Å². The number of rotatable bonds is 5. The fraction of sp³-hybridized carbons (Fsp3) is 0.100. The van der Waals surface area contributed by atoms with Crippen molar-refractivity contribution in [2.45, 2.75) is 18.7 Å². The van der Waals surface area contributed by atoms with Gasteiger partial charge in [0.05, 0.1) is 22.4 Å². The molecule has 2 aromatic carbocycles. The summed E-state index contributed by atoms with van der Waals surface area (Å²) in [6, 6.07) is 12.2. The van der Waals surface area contributed by atoms with E-state index in [0.29, 0.717) is 15.9 Å². The number of hydrogen-bond donors (Lipinski definition) is 3. The molecule has 0 bridgehead atoms. The molecule has 1 heterocycles. The summed E-state index contributed by atoms with van der Waals surface area (Å²) in [7, 11) is -3.94. The van der Waals surface area contributed by atoms with Crippen LogP contribution in [0.15, 0.2) is 68.6 Å². The van der Waals surface area contributed by atoms with E-state index in [-0.39, 0.29) is 16.0 Å². The van der Waals surface area contributed by atoms with E-state index in [0.717, 1.165) is 5.56 Å². The summed E-state index contributed by atoms with van der Waals surface area (Å²) >= 11 is 3.31. The lowest BCUT2D eigenvalue weighted by molar-refractivity contribution is 0.0845. The molecular weight excluding hydrogens is 474 g/mol. The predicted octanol–water partition coefficient (Wildman–Crippen LogP) is 3.53. The van der Waals surface area contributed by atoms with Crippen LogP contribution in [0.4, 0.5) is 5.69 Å². The van der Waals surface area contributed by atoms with Crippen molar-refractivity contribution < 1.29 is 22.4 Å². The Hall–Kier alpha value is -3.11. The molecule has 2 amide bonds. The second-order valence-corrected chi connectivity index (χ2v) is 8.95. The van der Waals surface area contributed by atoms with Crippen molar-refractivity contribution in [2.75, 3.05) is 4.72 Å². The van der Waals surface area contributed by atoms with Gasteiger partial charge in [-0.25, -0.2) is 8.42 Å². The lowest BCUT2D eigenvalue weighted by Gasteiger charge is -2.12. The average molecular weight is 492 g/mol. The maximum absolute atomic E-state index is 12.8. The van der Waals surface area contributed by atoms with Crippen LogP contribution in [0.25, 0.3) is 0 Å². The number of furan rings is 1. The Bertz CT molecular complexity index is 1220. The minimum absolute atomic E-state index is 0.0606. The third kappa shape index (κ3) is 4.89. The van der Waals surface area contributed by atoms with Gasteiger partial charge in [0.15, 0.2) is 0 Å². The first-order valence-corrected chi connectivity index (χ1v) is 11.0. The van der Waals surface area contributed by atoms with Gasteiger partial charge < -0.3 is 4.42 Å². The Labute approximate surface area is 181 Å². The molecule has 0 atom stereocenters. The molecule has 0 aliphatic carbocycles. The second kappa shape index (κ2) is 8.72. The van der Waals surface area contributed by atoms with Crippen LogP contribution in [0, 0.1) is 13.8 Å². The highest BCUT2D eigenvalue weighted by Gasteiger charge is 2.18. The van der Waals surface area contributed by atoms with Gasteiger partial charge in [-0.2, -0.15) is 0 Å². The van der Waals surface area contributed by atoms with E-state index in [1.54, 1.807) is 19.1 Å². The number of benzene rings is 2. The largest absolute Gasteiger partial charge is 0.469 e. The number of halogens is 1. The van der Waals surface area contributed by atoms with Crippen molar-refractivity contribution in [3.63, 3.8) is 0 Å². The zero-order chi connectivity index (χ0) is 21.9. The van der Waals surface area contributed by atoms with E-state index >= 15 is 0 Å². The summed E-state index contributed by atoms with van der Waals surface area (Å²) in [5.41, 5.74) is 6.12. The summed E-state index contributed by atoms with van der Waals surface area (Å²) in [5, 5.41) is 0. The molecule has 3 aromatic rings. The van der Waals surface area contributed by atoms with Crippen LogP contribution in [-0.4, -0.2) is 20.2 Å². The number of carbonyl (C=O) groups is 2. The minimum atomic E-state index is -3.94. The van der Waals surface area contributed by atoms with Crippen molar-refractivity contribution in [3.05, 3.63) is 81.7 Å². The summed E-state index contributed by atoms with van der Waals surface area (Å²) in [6.45, 7) is 3.46. The Balaban J connectivity index is 1.74. The summed E-state index contributed by atoms with van der Waals surface area (Å²) in [4.78, 5) is 24.3. The minimum Gasteiger partial charge on any atom is -0.469 e. The second-order valence-electron chi connectivity index (χ2n) is 6.42. The molecule has 0 unspecified atom stereocenters. The Morgan fingerprint density at radius 1 is 0.967 bits per heavy atom. The zero-order valence-corrected chi connectivity index (χ0v) is 18.4. The lowest BCUT2D eigenvalue weighted by Crippen LogP contribution is -2.41. The fourth-order valence-corrected chi connectivity index (χ4v) is 4.19. The highest BCUT2D eigenvalue weighted by molar-refractivity contribution is 9.10. The van der Waals surface area contributed by atoms with Crippen LogP contribution in [0.5, 0.6) is 0 Å². The molecule has 10 heteroatoms. The molecule has 0 aliphatic rings. The highest BCUT2D eigenvalue weighted by atomic mass is 79.9. The van der Waals surface area contributed by atoms with Gasteiger partial charge in [-0.05, 0) is 71.7 Å². The van der Waals surface area contributed by atoms with Crippen molar-refractivity contribution in [1.29, 1.82) is 0 Å². The maximum Gasteiger partial charge on any atom is 0.273 e. The first-order chi connectivity index (χ1) is 14.2. The van der Waals surface area contributed by atoms with Crippen molar-refractivity contribution in [1.82, 2.24) is 10.9 Å². The molecule has 156 valence electrons. The van der Waals surface area contributed by atoms with Gasteiger partial charge in [-0.15, -0.1) is 0 Å². The van der Waals surface area contributed by atoms with E-state index in [1.165, 1.54) is 36.6 Å². The predicted molar refractivity (Wildman–Crippen MR) is 115 cm³/mol. The number of hydrazine groups is 1. The Morgan fingerprint density at radius 2 is 1.70 bits per heavy atom. The van der Waals surface area contributed by atoms with E-state index in [1.807, 2.05) is 13.0 Å². The molecule has 3 N–H and O–H groups in total. The fourth-order valence-electron chi connectivity index (χ4n) is 2.60. The third-order valence-electron chi connectivity index (χ3n) is 4.17. The average Bonchev–Trinajstić information content (AvgIpc) is 3.14. The zero-order valence-electron chi connectivity index (χ0n) is 16.0. The van der Waals surface area contributed by atoms with Crippen LogP contribution >= 0.6 is 15.9 Å². The molecule has 0 spiro atoms. The Morgan fingerprint density at radius 3 is 2.40 bits per heavy atom. The molecule has 3 rings (SSSR count). The number of hydrogen-bond acceptors (Lipinski definition) is 5. The number of sulfonamides is 1. The van der Waals surface area contributed by atoms with Crippen molar-refractivity contribution in [3.8, 4) is 0 Å². The van der Waals surface area contributed by atoms with Crippen LogP contribution in [-0.2, 0) is 10.0 Å². The van der Waals surface area contributed by atoms with E-state index < -0.39 is 21.8 Å². The van der Waals surface area contributed by atoms with Gasteiger partial charge in [-0.3, -0.25) is 25.2 Å². The monoisotopic (exact) mass is 491 g/mol. The van der Waals surface area contributed by atoms with Gasteiger partial charge in [-0.1, -0.05) is 12.1 Å². The van der Waals surface area contributed by atoms with Crippen LogP contribution < -0.4 is 15.6 Å². The number of nitrogens with one attached hydrogen (secondary N) is 3. The normalized spacial score (nSPS) is 11.0. The molecule has 8 nitrogen and oxygen atoms in total. The van der Waals surface area contributed by atoms with Crippen LogP contribution in [0.1, 0.15) is 32.0 Å². The van der Waals surface area contributed by atoms with Gasteiger partial charge in [0.1, 0.15) is 5.76 Å². The number of anilines is 1. The van der Waals surface area contributed by atoms with E-state index in [9.17, 15) is 18.0 Å². The molecule has 0 radical (unpaired) electrons. The highest BCUT2D eigenvalue weighted by Crippen LogP contribution is 2.26. The number of amides is 2. The van der Waals surface area contributed by atoms with Gasteiger partial charge >= 0.3 is 0 Å². The van der Waals surface area contributed by atoms with Gasteiger partial charge in [0.25, 0.3) is 21.8 Å². The molecule has 0 saturated carbocycles. The first kappa shape index (κ1) is 21.6. The quantitative estimate of drug-likeness (QED) is 0.471. The van der Waals surface area contributed by atoms with Crippen LogP contribution in [0.3, 0.4) is 0 Å². The molecule has 0 aliphatic heterocycles. The number of carbonyl (C=O) groups excluding carboxylic acids is 2. The lowest BCUT2D eigenvalue weighted by atomic mass is 10.2. The maximum atomic E-state index is 12.8. The molecule has 30 heavy (non-hydrogen) atoms. The van der Waals surface area contributed by atoms with Gasteiger partial charge in [0, 0.05) is 10.0 Å². The standard InChI is InChI=1S/C20H18BrN3O5S/c1-12-6-7-17(21)18(10-12)24-30(27,28)15-5-3-4-14(11-15)19(25)22-23-20(26)16-8-9-29-13(16)2/h3-11,24H,1-2H3,(H,22,25)(H,23,26). The number of aryl methyl sites for hydroxylation is 2. The molecule has 0 saturated heterocycles. The summed E-state index contributed by atoms with van der Waals surface area (Å²) in [5.74, 6) is -0.814.